The molecular weight excluding hydrogens is 338 g/mol. The molecule has 0 heterocycles. The Morgan fingerprint density at radius 1 is 1.42 bits per heavy atom. The van der Waals surface area contributed by atoms with Crippen LogP contribution in [0.15, 0.2) is 27.6 Å². The van der Waals surface area contributed by atoms with Crippen LogP contribution in [0.25, 0.3) is 0 Å². The van der Waals surface area contributed by atoms with E-state index in [0.717, 1.165) is 0 Å². The van der Waals surface area contributed by atoms with Gasteiger partial charge in [0.05, 0.1) is 22.6 Å². The highest BCUT2D eigenvalue weighted by Gasteiger charge is 2.45. The molecule has 6 nitrogen and oxygen atoms in total. The molecule has 0 unspecified atom stereocenters. The standard InChI is InChI=1S/C11H12BrNO5S/c12-8-5-7(10(15)16)1-2-9(8)19(17,18)13-11(6-14)3-4-11/h1-2,5,13-14H,3-4,6H2,(H,15,16). The van der Waals surface area contributed by atoms with Crippen molar-refractivity contribution >= 4 is 31.9 Å². The number of aliphatic hydroxyl groups is 1. The van der Waals surface area contributed by atoms with Crippen molar-refractivity contribution in [3.8, 4) is 0 Å². The van der Waals surface area contributed by atoms with E-state index < -0.39 is 21.5 Å². The normalized spacial score (nSPS) is 17.2. The van der Waals surface area contributed by atoms with E-state index in [9.17, 15) is 13.2 Å². The molecule has 0 bridgehead atoms. The Balaban J connectivity index is 2.33. The quantitative estimate of drug-likeness (QED) is 0.734. The van der Waals surface area contributed by atoms with Crippen LogP contribution in [0.1, 0.15) is 23.2 Å². The number of carboxylic acids is 1. The lowest BCUT2D eigenvalue weighted by Crippen LogP contribution is -2.39. The lowest BCUT2D eigenvalue weighted by atomic mass is 10.2. The third-order valence-electron chi connectivity index (χ3n) is 2.98. The summed E-state index contributed by atoms with van der Waals surface area (Å²) in [5.74, 6) is -1.13. The first-order valence-electron chi connectivity index (χ1n) is 5.47. The van der Waals surface area contributed by atoms with Crippen molar-refractivity contribution < 1.29 is 23.4 Å². The van der Waals surface area contributed by atoms with Gasteiger partial charge in [0.15, 0.2) is 0 Å². The van der Waals surface area contributed by atoms with Gasteiger partial charge in [-0.1, -0.05) is 0 Å². The van der Waals surface area contributed by atoms with Gasteiger partial charge < -0.3 is 10.2 Å². The Hall–Kier alpha value is -0.960. The molecule has 19 heavy (non-hydrogen) atoms. The number of halogens is 1. The smallest absolute Gasteiger partial charge is 0.335 e. The Morgan fingerprint density at radius 2 is 2.05 bits per heavy atom. The number of hydrogen-bond donors (Lipinski definition) is 3. The van der Waals surface area contributed by atoms with Crippen molar-refractivity contribution in [2.24, 2.45) is 0 Å². The van der Waals surface area contributed by atoms with E-state index in [2.05, 4.69) is 20.7 Å². The van der Waals surface area contributed by atoms with Crippen LogP contribution in [0, 0.1) is 0 Å². The molecule has 2 rings (SSSR count). The molecule has 104 valence electrons. The molecule has 1 saturated carbocycles. The third kappa shape index (κ3) is 2.97. The Kier molecular flexibility index (Phi) is 3.69. The summed E-state index contributed by atoms with van der Waals surface area (Å²) in [7, 11) is -3.79. The second-order valence-electron chi connectivity index (χ2n) is 4.49. The van der Waals surface area contributed by atoms with Gasteiger partial charge >= 0.3 is 5.97 Å². The Bertz CT molecular complexity index is 624. The van der Waals surface area contributed by atoms with Crippen molar-refractivity contribution in [2.45, 2.75) is 23.3 Å². The van der Waals surface area contributed by atoms with Crippen molar-refractivity contribution in [1.82, 2.24) is 4.72 Å². The summed E-state index contributed by atoms with van der Waals surface area (Å²) in [6.07, 6.45) is 1.18. The largest absolute Gasteiger partial charge is 0.478 e. The summed E-state index contributed by atoms with van der Waals surface area (Å²) in [6, 6.07) is 3.68. The first-order valence-corrected chi connectivity index (χ1v) is 7.75. The van der Waals surface area contributed by atoms with Crippen molar-refractivity contribution in [3.63, 3.8) is 0 Å². The zero-order valence-electron chi connectivity index (χ0n) is 9.76. The summed E-state index contributed by atoms with van der Waals surface area (Å²) in [6.45, 7) is -0.253. The van der Waals surface area contributed by atoms with Gasteiger partial charge in [-0.3, -0.25) is 0 Å². The summed E-state index contributed by atoms with van der Waals surface area (Å²) < 4.78 is 26.9. The fourth-order valence-electron chi connectivity index (χ4n) is 1.64. The topological polar surface area (TPSA) is 104 Å². The zero-order valence-corrected chi connectivity index (χ0v) is 12.2. The number of aromatic carboxylic acids is 1. The molecule has 0 aromatic heterocycles. The minimum atomic E-state index is -3.79. The lowest BCUT2D eigenvalue weighted by Gasteiger charge is -2.15. The number of nitrogens with one attached hydrogen (secondary N) is 1. The van der Waals surface area contributed by atoms with Gasteiger partial charge in [0, 0.05) is 4.47 Å². The van der Waals surface area contributed by atoms with E-state index in [1.807, 2.05) is 0 Å². The molecule has 1 aliphatic rings. The van der Waals surface area contributed by atoms with Crippen LogP contribution < -0.4 is 4.72 Å². The van der Waals surface area contributed by atoms with E-state index in [0.29, 0.717) is 12.8 Å². The van der Waals surface area contributed by atoms with Crippen LogP contribution >= 0.6 is 15.9 Å². The summed E-state index contributed by atoms with van der Waals surface area (Å²) in [5, 5.41) is 18.0. The van der Waals surface area contributed by atoms with Gasteiger partial charge in [-0.2, -0.15) is 0 Å². The average Bonchev–Trinajstić information content (AvgIpc) is 3.08. The van der Waals surface area contributed by atoms with E-state index in [4.69, 9.17) is 10.2 Å². The maximum Gasteiger partial charge on any atom is 0.335 e. The molecule has 1 aromatic rings. The Labute approximate surface area is 118 Å². The van der Waals surface area contributed by atoms with E-state index in [-0.39, 0.29) is 21.5 Å². The fraction of sp³-hybridized carbons (Fsp3) is 0.364. The van der Waals surface area contributed by atoms with Crippen LogP contribution in [-0.2, 0) is 10.0 Å². The van der Waals surface area contributed by atoms with Crippen LogP contribution in [-0.4, -0.2) is 36.7 Å². The molecule has 0 saturated heterocycles. The van der Waals surface area contributed by atoms with E-state index in [1.165, 1.54) is 18.2 Å². The number of benzene rings is 1. The van der Waals surface area contributed by atoms with Gasteiger partial charge in [-0.25, -0.2) is 17.9 Å². The number of rotatable bonds is 5. The maximum atomic E-state index is 12.1. The van der Waals surface area contributed by atoms with Crippen LogP contribution in [0.3, 0.4) is 0 Å². The summed E-state index contributed by atoms with van der Waals surface area (Å²) in [4.78, 5) is 10.7. The summed E-state index contributed by atoms with van der Waals surface area (Å²) >= 11 is 3.06. The zero-order chi connectivity index (χ0) is 14.3. The molecule has 0 atom stereocenters. The predicted octanol–water partition coefficient (Wildman–Crippen LogP) is 0.950. The Morgan fingerprint density at radius 3 is 2.47 bits per heavy atom. The molecule has 0 aliphatic heterocycles. The highest BCUT2D eigenvalue weighted by molar-refractivity contribution is 9.10. The van der Waals surface area contributed by atoms with Gasteiger partial charge in [0.25, 0.3) is 0 Å². The lowest BCUT2D eigenvalue weighted by molar-refractivity contribution is 0.0696. The number of hydrogen-bond acceptors (Lipinski definition) is 4. The monoisotopic (exact) mass is 349 g/mol. The number of sulfonamides is 1. The van der Waals surface area contributed by atoms with Crippen LogP contribution in [0.5, 0.6) is 0 Å². The molecule has 0 radical (unpaired) electrons. The number of carboxylic acid groups (broad SMARTS) is 1. The molecular formula is C11H12BrNO5S. The molecule has 8 heteroatoms. The van der Waals surface area contributed by atoms with Gasteiger partial charge in [-0.05, 0) is 47.0 Å². The second-order valence-corrected chi connectivity index (χ2v) is 7.00. The average molecular weight is 350 g/mol. The number of carbonyl (C=O) groups is 1. The third-order valence-corrected chi connectivity index (χ3v) is 5.53. The molecule has 0 amide bonds. The van der Waals surface area contributed by atoms with Crippen molar-refractivity contribution in [3.05, 3.63) is 28.2 Å². The first-order chi connectivity index (χ1) is 8.80. The van der Waals surface area contributed by atoms with Crippen molar-refractivity contribution in [1.29, 1.82) is 0 Å². The predicted molar refractivity (Wildman–Crippen MR) is 70.5 cm³/mol. The van der Waals surface area contributed by atoms with E-state index >= 15 is 0 Å². The van der Waals surface area contributed by atoms with Gasteiger partial charge in [0.2, 0.25) is 10.0 Å². The van der Waals surface area contributed by atoms with Crippen LogP contribution in [0.4, 0.5) is 0 Å². The molecule has 1 aromatic carbocycles. The first kappa shape index (κ1) is 14.4. The van der Waals surface area contributed by atoms with E-state index in [1.54, 1.807) is 0 Å². The SMILES string of the molecule is O=C(O)c1ccc(S(=O)(=O)NC2(CO)CC2)c(Br)c1. The minimum absolute atomic E-state index is 0.00545. The highest BCUT2D eigenvalue weighted by Crippen LogP contribution is 2.37. The molecule has 1 fully saturated rings. The highest BCUT2D eigenvalue weighted by atomic mass is 79.9. The maximum absolute atomic E-state index is 12.1. The minimum Gasteiger partial charge on any atom is -0.478 e. The summed E-state index contributed by atoms with van der Waals surface area (Å²) in [5.41, 5.74) is -0.766. The van der Waals surface area contributed by atoms with Crippen LogP contribution in [0.2, 0.25) is 0 Å². The number of aliphatic hydroxyl groups excluding tert-OH is 1. The molecule has 1 aliphatic carbocycles. The molecule has 3 N–H and O–H groups in total. The van der Waals surface area contributed by atoms with Gasteiger partial charge in [0.1, 0.15) is 0 Å². The molecule has 0 spiro atoms. The fourth-order valence-corrected chi connectivity index (χ4v) is 4.16. The van der Waals surface area contributed by atoms with Crippen molar-refractivity contribution in [2.75, 3.05) is 6.61 Å². The second kappa shape index (κ2) is 4.86. The van der Waals surface area contributed by atoms with Gasteiger partial charge in [-0.15, -0.1) is 0 Å².